The Hall–Kier alpha value is -2.09. The van der Waals surface area contributed by atoms with E-state index >= 15 is 0 Å². The first-order valence-corrected chi connectivity index (χ1v) is 9.69. The van der Waals surface area contributed by atoms with Crippen LogP contribution in [0.3, 0.4) is 0 Å². The molecule has 0 bridgehead atoms. The number of hydrogen-bond acceptors (Lipinski definition) is 7. The molecule has 1 aromatic rings. The normalized spacial score (nSPS) is 33.8. The van der Waals surface area contributed by atoms with E-state index in [1.54, 1.807) is 12.1 Å². The van der Waals surface area contributed by atoms with E-state index in [9.17, 15) is 20.1 Å². The summed E-state index contributed by atoms with van der Waals surface area (Å²) >= 11 is 0. The molecule has 0 aromatic heterocycles. The van der Waals surface area contributed by atoms with Gasteiger partial charge in [-0.25, -0.2) is 4.79 Å². The number of phenolic OH excluding ortho intramolecular Hbond substituents is 1. The zero-order chi connectivity index (χ0) is 20.4. The molecule has 4 rings (SSSR count). The summed E-state index contributed by atoms with van der Waals surface area (Å²) in [6.07, 6.45) is 0.537. The largest absolute Gasteiger partial charge is 0.504 e. The molecule has 1 aromatic carbocycles. The first-order chi connectivity index (χ1) is 13.1. The first-order valence-electron chi connectivity index (χ1n) is 9.69. The molecule has 1 aliphatic heterocycles. The van der Waals surface area contributed by atoms with Gasteiger partial charge in [0.2, 0.25) is 0 Å². The van der Waals surface area contributed by atoms with Gasteiger partial charge in [0, 0.05) is 18.0 Å². The fourth-order valence-electron chi connectivity index (χ4n) is 5.10. The molecule has 5 atom stereocenters. The van der Waals surface area contributed by atoms with Crippen molar-refractivity contribution in [3.63, 3.8) is 0 Å². The molecule has 3 aliphatic rings. The van der Waals surface area contributed by atoms with Gasteiger partial charge in [-0.15, -0.1) is 0 Å². The number of ether oxygens (including phenoxy) is 2. The molecule has 0 saturated carbocycles. The lowest BCUT2D eigenvalue weighted by Gasteiger charge is -2.56. The van der Waals surface area contributed by atoms with E-state index in [1.165, 1.54) is 6.92 Å². The summed E-state index contributed by atoms with van der Waals surface area (Å²) in [5, 5.41) is 31.9. The van der Waals surface area contributed by atoms with Gasteiger partial charge in [-0.05, 0) is 51.6 Å². The molecule has 0 unspecified atom stereocenters. The summed E-state index contributed by atoms with van der Waals surface area (Å²) in [6.45, 7) is 6.05. The summed E-state index contributed by atoms with van der Waals surface area (Å²) in [5.74, 6) is -0.177. The molecule has 7 heteroatoms. The van der Waals surface area contributed by atoms with Crippen molar-refractivity contribution in [3.05, 3.63) is 35.1 Å². The number of hydrogen-bond donors (Lipinski definition) is 3. The molecule has 0 radical (unpaired) electrons. The third kappa shape index (κ3) is 2.30. The van der Waals surface area contributed by atoms with Crippen LogP contribution in [0.15, 0.2) is 24.0 Å². The number of nitrogens with zero attached hydrogens (tertiary/aromatic N) is 1. The molecule has 3 N–H and O–H groups in total. The standard InChI is InChI=1S/C21H27NO6/c1-5-22(4)15-10-12-6-7-13(24)17-16(12)20(3)18(28-17)14(8-9-21(15,20)26)27-19(25)11(2)23/h6-8,11,15,18,23-24,26H,5,9-10H2,1-4H3/t11-,15+,18-,20-,21+/m0/s1. The minimum absolute atomic E-state index is 0.000207. The van der Waals surface area contributed by atoms with Crippen LogP contribution < -0.4 is 4.74 Å². The Morgan fingerprint density at radius 2 is 2.18 bits per heavy atom. The van der Waals surface area contributed by atoms with Crippen LogP contribution in [0.4, 0.5) is 0 Å². The summed E-state index contributed by atoms with van der Waals surface area (Å²) in [7, 11) is 1.98. The maximum absolute atomic E-state index is 12.0. The van der Waals surface area contributed by atoms with Crippen molar-refractivity contribution in [2.45, 2.75) is 62.9 Å². The highest BCUT2D eigenvalue weighted by atomic mass is 16.6. The second kappa shape index (κ2) is 6.20. The van der Waals surface area contributed by atoms with Gasteiger partial charge in [0.1, 0.15) is 11.9 Å². The van der Waals surface area contributed by atoms with Crippen molar-refractivity contribution in [2.24, 2.45) is 0 Å². The van der Waals surface area contributed by atoms with E-state index in [-0.39, 0.29) is 24.0 Å². The fourth-order valence-corrected chi connectivity index (χ4v) is 5.10. The summed E-state index contributed by atoms with van der Waals surface area (Å²) in [6, 6.07) is 3.32. The average molecular weight is 389 g/mol. The Labute approximate surface area is 164 Å². The van der Waals surface area contributed by atoms with Gasteiger partial charge < -0.3 is 29.7 Å². The molecule has 2 aliphatic carbocycles. The van der Waals surface area contributed by atoms with Crippen LogP contribution in [0.5, 0.6) is 11.5 Å². The van der Waals surface area contributed by atoms with Gasteiger partial charge in [-0.2, -0.15) is 0 Å². The molecular formula is C21H27NO6. The van der Waals surface area contributed by atoms with Crippen molar-refractivity contribution >= 4 is 5.97 Å². The lowest BCUT2D eigenvalue weighted by molar-refractivity contribution is -0.156. The number of aliphatic hydroxyl groups excluding tert-OH is 1. The van der Waals surface area contributed by atoms with Crippen LogP contribution in [0.1, 0.15) is 38.3 Å². The van der Waals surface area contributed by atoms with Gasteiger partial charge in [-0.3, -0.25) is 0 Å². The number of esters is 1. The van der Waals surface area contributed by atoms with E-state index in [0.717, 1.165) is 17.7 Å². The van der Waals surface area contributed by atoms with Crippen LogP contribution in [-0.4, -0.2) is 63.6 Å². The maximum atomic E-state index is 12.0. The number of aromatic hydroxyl groups is 1. The summed E-state index contributed by atoms with van der Waals surface area (Å²) in [5.41, 5.74) is -0.295. The van der Waals surface area contributed by atoms with Crippen molar-refractivity contribution in [2.75, 3.05) is 13.6 Å². The number of aliphatic hydroxyl groups is 2. The zero-order valence-electron chi connectivity index (χ0n) is 16.6. The van der Waals surface area contributed by atoms with E-state index in [1.807, 2.05) is 27.0 Å². The third-order valence-electron chi connectivity index (χ3n) is 6.83. The highest BCUT2D eigenvalue weighted by Crippen LogP contribution is 2.62. The van der Waals surface area contributed by atoms with Crippen molar-refractivity contribution in [1.29, 1.82) is 0 Å². The SMILES string of the molecule is CCN(C)[C@@H]1Cc2ccc(O)c3c2[C@@]2(C)[C@@H](O3)C(OC(=O)[C@H](C)O)=CC[C@@]12O. The molecule has 0 fully saturated rings. The van der Waals surface area contributed by atoms with E-state index in [2.05, 4.69) is 4.90 Å². The number of carbonyl (C=O) groups is 1. The fraction of sp³-hybridized carbons (Fsp3) is 0.571. The Bertz CT molecular complexity index is 865. The smallest absolute Gasteiger partial charge is 0.339 e. The van der Waals surface area contributed by atoms with Crippen LogP contribution in [0.25, 0.3) is 0 Å². The molecule has 152 valence electrons. The Balaban J connectivity index is 1.89. The molecule has 0 saturated heterocycles. The first kappa shape index (κ1) is 19.2. The molecule has 28 heavy (non-hydrogen) atoms. The number of benzene rings is 1. The summed E-state index contributed by atoms with van der Waals surface area (Å²) in [4.78, 5) is 14.1. The Morgan fingerprint density at radius 1 is 1.46 bits per heavy atom. The average Bonchev–Trinajstić information content (AvgIpc) is 2.99. The van der Waals surface area contributed by atoms with E-state index in [4.69, 9.17) is 9.47 Å². The second-order valence-electron chi connectivity index (χ2n) is 8.27. The predicted octanol–water partition coefficient (Wildman–Crippen LogP) is 1.23. The molecule has 7 nitrogen and oxygen atoms in total. The predicted molar refractivity (Wildman–Crippen MR) is 101 cm³/mol. The van der Waals surface area contributed by atoms with Gasteiger partial charge in [-0.1, -0.05) is 13.0 Å². The van der Waals surface area contributed by atoms with Crippen LogP contribution in [-0.2, 0) is 21.4 Å². The lowest BCUT2D eigenvalue weighted by Crippen LogP contribution is -2.69. The quantitative estimate of drug-likeness (QED) is 0.666. The molecule has 0 amide bonds. The minimum atomic E-state index is -1.27. The minimum Gasteiger partial charge on any atom is -0.504 e. The molecule has 0 spiro atoms. The van der Waals surface area contributed by atoms with Crippen LogP contribution in [0.2, 0.25) is 0 Å². The number of phenols is 1. The summed E-state index contributed by atoms with van der Waals surface area (Å²) < 4.78 is 11.5. The van der Waals surface area contributed by atoms with Crippen LogP contribution >= 0.6 is 0 Å². The molecule has 1 heterocycles. The van der Waals surface area contributed by atoms with Crippen molar-refractivity contribution < 1.29 is 29.6 Å². The Morgan fingerprint density at radius 3 is 2.82 bits per heavy atom. The lowest BCUT2D eigenvalue weighted by atomic mass is 9.54. The highest BCUT2D eigenvalue weighted by molar-refractivity contribution is 5.75. The topological polar surface area (TPSA) is 99.5 Å². The van der Waals surface area contributed by atoms with Crippen molar-refractivity contribution in [3.8, 4) is 11.5 Å². The maximum Gasteiger partial charge on any atom is 0.339 e. The Kier molecular flexibility index (Phi) is 4.26. The van der Waals surface area contributed by atoms with Gasteiger partial charge in [0.15, 0.2) is 17.6 Å². The zero-order valence-corrected chi connectivity index (χ0v) is 16.6. The van der Waals surface area contributed by atoms with Crippen molar-refractivity contribution in [1.82, 2.24) is 4.90 Å². The van der Waals surface area contributed by atoms with Gasteiger partial charge >= 0.3 is 5.97 Å². The van der Waals surface area contributed by atoms with E-state index in [0.29, 0.717) is 12.2 Å². The second-order valence-corrected chi connectivity index (χ2v) is 8.27. The van der Waals surface area contributed by atoms with E-state index < -0.39 is 29.2 Å². The number of rotatable bonds is 4. The number of carbonyl (C=O) groups excluding carboxylic acids is 1. The molecular weight excluding hydrogens is 362 g/mol. The number of likely N-dealkylation sites (N-methyl/N-ethyl adjacent to an activating group) is 1. The highest BCUT2D eigenvalue weighted by Gasteiger charge is 2.68. The third-order valence-corrected chi connectivity index (χ3v) is 6.83. The monoisotopic (exact) mass is 389 g/mol. The van der Waals surface area contributed by atoms with Gasteiger partial charge in [0.25, 0.3) is 0 Å². The van der Waals surface area contributed by atoms with Crippen LogP contribution in [0, 0.1) is 0 Å². The van der Waals surface area contributed by atoms with Gasteiger partial charge in [0.05, 0.1) is 11.0 Å².